The lowest BCUT2D eigenvalue weighted by molar-refractivity contribution is -0.156. The van der Waals surface area contributed by atoms with Crippen LogP contribution in [0.5, 0.6) is 0 Å². The van der Waals surface area contributed by atoms with Gasteiger partial charge in [-0.25, -0.2) is 0 Å². The highest BCUT2D eigenvalue weighted by atomic mass is 16.2. The quantitative estimate of drug-likeness (QED) is 0.651. The highest BCUT2D eigenvalue weighted by molar-refractivity contribution is 5.97. The van der Waals surface area contributed by atoms with Crippen molar-refractivity contribution in [3.8, 4) is 0 Å². The Bertz CT molecular complexity index is 570. The molecule has 3 rings (SSSR count). The first-order valence-corrected chi connectivity index (χ1v) is 8.53. The Balaban J connectivity index is 1.61. The largest absolute Gasteiger partial charge is 0.343 e. The zero-order valence-corrected chi connectivity index (χ0v) is 14.2. The second-order valence-electron chi connectivity index (χ2n) is 6.84. The Kier molecular flexibility index (Phi) is 4.47. The number of rotatable bonds is 1. The van der Waals surface area contributed by atoms with Crippen LogP contribution in [-0.4, -0.2) is 83.1 Å². The summed E-state index contributed by atoms with van der Waals surface area (Å²) in [5, 5.41) is 2.67. The number of carbonyl (C=O) groups excluding carboxylic acids is 4. The minimum atomic E-state index is -0.580. The number of piperidine rings is 1. The SMILES string of the molecule is CC(=O)N1CCC(C(=O)N2CCN3C(=O)[C@H](C)NC(=O)[C@H]3C2)CC1. The molecule has 8 heteroatoms. The third-order valence-corrected chi connectivity index (χ3v) is 5.30. The number of likely N-dealkylation sites (tertiary alicyclic amines) is 1. The van der Waals surface area contributed by atoms with Crippen molar-refractivity contribution in [3.05, 3.63) is 0 Å². The monoisotopic (exact) mass is 336 g/mol. The molecule has 0 aromatic rings. The average Bonchev–Trinajstić information content (AvgIpc) is 2.59. The summed E-state index contributed by atoms with van der Waals surface area (Å²) in [4.78, 5) is 53.5. The van der Waals surface area contributed by atoms with Crippen LogP contribution in [-0.2, 0) is 19.2 Å². The zero-order chi connectivity index (χ0) is 17.4. The summed E-state index contributed by atoms with van der Waals surface area (Å²) in [5.41, 5.74) is 0. The van der Waals surface area contributed by atoms with Gasteiger partial charge in [0.15, 0.2) is 0 Å². The highest BCUT2D eigenvalue weighted by Crippen LogP contribution is 2.23. The van der Waals surface area contributed by atoms with Crippen LogP contribution in [0.1, 0.15) is 26.7 Å². The van der Waals surface area contributed by atoms with Crippen LogP contribution in [0.2, 0.25) is 0 Å². The fourth-order valence-corrected chi connectivity index (χ4v) is 3.79. The van der Waals surface area contributed by atoms with Gasteiger partial charge in [-0.05, 0) is 19.8 Å². The second kappa shape index (κ2) is 6.41. The van der Waals surface area contributed by atoms with E-state index in [2.05, 4.69) is 5.32 Å². The van der Waals surface area contributed by atoms with Crippen molar-refractivity contribution in [1.29, 1.82) is 0 Å². The average molecular weight is 336 g/mol. The van der Waals surface area contributed by atoms with Gasteiger partial charge in [0.1, 0.15) is 12.1 Å². The lowest BCUT2D eigenvalue weighted by Gasteiger charge is -2.45. The van der Waals surface area contributed by atoms with E-state index in [0.717, 1.165) is 0 Å². The van der Waals surface area contributed by atoms with E-state index in [1.165, 1.54) is 0 Å². The molecule has 0 aliphatic carbocycles. The number of amides is 4. The van der Waals surface area contributed by atoms with Gasteiger partial charge in [0.25, 0.3) is 0 Å². The smallest absolute Gasteiger partial charge is 0.245 e. The minimum absolute atomic E-state index is 0.0386. The van der Waals surface area contributed by atoms with Crippen LogP contribution >= 0.6 is 0 Å². The molecule has 0 bridgehead atoms. The molecule has 1 N–H and O–H groups in total. The van der Waals surface area contributed by atoms with Crippen LogP contribution in [0, 0.1) is 5.92 Å². The minimum Gasteiger partial charge on any atom is -0.343 e. The van der Waals surface area contributed by atoms with Gasteiger partial charge >= 0.3 is 0 Å². The van der Waals surface area contributed by atoms with Crippen LogP contribution in [0.25, 0.3) is 0 Å². The number of hydrogen-bond acceptors (Lipinski definition) is 4. The van der Waals surface area contributed by atoms with Gasteiger partial charge in [-0.15, -0.1) is 0 Å². The van der Waals surface area contributed by atoms with E-state index in [4.69, 9.17) is 0 Å². The first kappa shape index (κ1) is 16.7. The summed E-state index contributed by atoms with van der Waals surface area (Å²) >= 11 is 0. The highest BCUT2D eigenvalue weighted by Gasteiger charge is 2.43. The van der Waals surface area contributed by atoms with Crippen LogP contribution in [0.4, 0.5) is 0 Å². The molecule has 3 fully saturated rings. The predicted molar refractivity (Wildman–Crippen MR) is 84.7 cm³/mol. The molecule has 3 saturated heterocycles. The molecule has 8 nitrogen and oxygen atoms in total. The Morgan fingerprint density at radius 2 is 1.71 bits per heavy atom. The van der Waals surface area contributed by atoms with E-state index in [0.29, 0.717) is 39.0 Å². The Hall–Kier alpha value is -2.12. The lowest BCUT2D eigenvalue weighted by Crippen LogP contribution is -2.69. The van der Waals surface area contributed by atoms with E-state index in [-0.39, 0.29) is 36.1 Å². The predicted octanol–water partition coefficient (Wildman–Crippen LogP) is -1.20. The number of hydrogen-bond donors (Lipinski definition) is 1. The van der Waals surface area contributed by atoms with Crippen LogP contribution < -0.4 is 5.32 Å². The maximum Gasteiger partial charge on any atom is 0.245 e. The van der Waals surface area contributed by atoms with Gasteiger partial charge in [0, 0.05) is 39.0 Å². The molecule has 2 atom stereocenters. The van der Waals surface area contributed by atoms with Crippen molar-refractivity contribution in [2.45, 2.75) is 38.8 Å². The van der Waals surface area contributed by atoms with Crippen molar-refractivity contribution >= 4 is 23.6 Å². The molecular weight excluding hydrogens is 312 g/mol. The standard InChI is InChI=1S/C16H24N4O4/c1-10-15(23)20-8-7-19(9-13(20)14(22)17-10)16(24)12-3-5-18(6-4-12)11(2)21/h10,12-13H,3-9H2,1-2H3,(H,17,22)/t10-,13+/m0/s1. The van der Waals surface area contributed by atoms with E-state index < -0.39 is 12.1 Å². The maximum atomic E-state index is 12.7. The number of nitrogens with zero attached hydrogens (tertiary/aromatic N) is 3. The molecule has 24 heavy (non-hydrogen) atoms. The van der Waals surface area contributed by atoms with Crippen molar-refractivity contribution < 1.29 is 19.2 Å². The molecule has 3 aliphatic rings. The van der Waals surface area contributed by atoms with Crippen molar-refractivity contribution in [1.82, 2.24) is 20.0 Å². The van der Waals surface area contributed by atoms with E-state index >= 15 is 0 Å². The molecule has 0 saturated carbocycles. The summed E-state index contributed by atoms with van der Waals surface area (Å²) in [6, 6.07) is -1.07. The van der Waals surface area contributed by atoms with Gasteiger partial charge in [-0.2, -0.15) is 0 Å². The van der Waals surface area contributed by atoms with Gasteiger partial charge < -0.3 is 20.0 Å². The molecular formula is C16H24N4O4. The summed E-state index contributed by atoms with van der Waals surface area (Å²) in [7, 11) is 0. The molecule has 0 radical (unpaired) electrons. The summed E-state index contributed by atoms with van der Waals surface area (Å²) in [5.74, 6) is -0.293. The molecule has 132 valence electrons. The molecule has 0 spiro atoms. The van der Waals surface area contributed by atoms with E-state index in [9.17, 15) is 19.2 Å². The third-order valence-electron chi connectivity index (χ3n) is 5.30. The van der Waals surface area contributed by atoms with Gasteiger partial charge in [-0.1, -0.05) is 0 Å². The lowest BCUT2D eigenvalue weighted by atomic mass is 9.94. The summed E-state index contributed by atoms with van der Waals surface area (Å²) in [6.07, 6.45) is 1.32. The van der Waals surface area contributed by atoms with E-state index in [1.54, 1.807) is 28.5 Å². The molecule has 0 unspecified atom stereocenters. The van der Waals surface area contributed by atoms with Gasteiger partial charge in [-0.3, -0.25) is 19.2 Å². The number of carbonyl (C=O) groups is 4. The zero-order valence-electron chi connectivity index (χ0n) is 14.2. The molecule has 3 aliphatic heterocycles. The maximum absolute atomic E-state index is 12.7. The van der Waals surface area contributed by atoms with Crippen molar-refractivity contribution in [3.63, 3.8) is 0 Å². The Morgan fingerprint density at radius 1 is 1.04 bits per heavy atom. The second-order valence-corrected chi connectivity index (χ2v) is 6.84. The number of nitrogens with one attached hydrogen (secondary N) is 1. The van der Waals surface area contributed by atoms with Gasteiger partial charge in [0.05, 0.1) is 6.54 Å². The fourth-order valence-electron chi connectivity index (χ4n) is 3.79. The normalized spacial score (nSPS) is 28.5. The Labute approximate surface area is 141 Å². The number of piperazine rings is 2. The van der Waals surface area contributed by atoms with Crippen molar-refractivity contribution in [2.75, 3.05) is 32.7 Å². The number of fused-ring (bicyclic) bond motifs is 1. The Morgan fingerprint density at radius 3 is 2.33 bits per heavy atom. The molecule has 0 aromatic carbocycles. The molecule has 4 amide bonds. The third kappa shape index (κ3) is 2.97. The van der Waals surface area contributed by atoms with Crippen LogP contribution in [0.3, 0.4) is 0 Å². The first-order chi connectivity index (χ1) is 11.4. The van der Waals surface area contributed by atoms with Crippen LogP contribution in [0.15, 0.2) is 0 Å². The summed E-state index contributed by atoms with van der Waals surface area (Å²) < 4.78 is 0. The summed E-state index contributed by atoms with van der Waals surface area (Å²) in [6.45, 7) is 5.55. The van der Waals surface area contributed by atoms with Crippen molar-refractivity contribution in [2.24, 2.45) is 5.92 Å². The van der Waals surface area contributed by atoms with Gasteiger partial charge in [0.2, 0.25) is 23.6 Å². The molecule has 3 heterocycles. The fraction of sp³-hybridized carbons (Fsp3) is 0.750. The topological polar surface area (TPSA) is 90.0 Å². The molecule has 0 aromatic heterocycles. The van der Waals surface area contributed by atoms with E-state index in [1.807, 2.05) is 0 Å². The first-order valence-electron chi connectivity index (χ1n) is 8.53.